The van der Waals surface area contributed by atoms with E-state index in [2.05, 4.69) is 24.1 Å². The van der Waals surface area contributed by atoms with Crippen molar-refractivity contribution in [1.82, 2.24) is 4.98 Å². The summed E-state index contributed by atoms with van der Waals surface area (Å²) in [5, 5.41) is 2.88. The number of aromatic nitrogens is 1. The highest BCUT2D eigenvalue weighted by atomic mass is 32.1. The molecule has 3 aromatic rings. The molecule has 1 heterocycles. The van der Waals surface area contributed by atoms with E-state index in [0.29, 0.717) is 11.5 Å². The minimum atomic E-state index is -0.903. The molecule has 0 aliphatic heterocycles. The van der Waals surface area contributed by atoms with Crippen molar-refractivity contribution < 1.29 is 14.3 Å². The maximum atomic E-state index is 12.5. The van der Waals surface area contributed by atoms with E-state index >= 15 is 0 Å². The summed E-state index contributed by atoms with van der Waals surface area (Å²) in [5.41, 5.74) is 4.80. The van der Waals surface area contributed by atoms with Gasteiger partial charge in [-0.3, -0.25) is 4.79 Å². The standard InChI is InChI=1S/C21H22N2O3S/c1-4-13(2)16-7-5-6-8-17(16)23-20(24)14(3)26-21(25)15-9-10-18-19(11-15)27-12-22-18/h5-14H,4H2,1-3H3,(H,23,24)/t13-,14-/m0/s1. The zero-order chi connectivity index (χ0) is 19.4. The quantitative estimate of drug-likeness (QED) is 0.610. The molecule has 0 spiro atoms. The maximum Gasteiger partial charge on any atom is 0.338 e. The van der Waals surface area contributed by atoms with Gasteiger partial charge in [-0.2, -0.15) is 0 Å². The molecule has 0 saturated heterocycles. The van der Waals surface area contributed by atoms with E-state index in [0.717, 1.165) is 27.9 Å². The molecule has 1 aromatic heterocycles. The first-order chi connectivity index (χ1) is 13.0. The molecule has 0 bridgehead atoms. The molecule has 5 nitrogen and oxygen atoms in total. The number of esters is 1. The van der Waals surface area contributed by atoms with Crippen molar-refractivity contribution in [1.29, 1.82) is 0 Å². The molecule has 1 amide bonds. The summed E-state index contributed by atoms with van der Waals surface area (Å²) in [7, 11) is 0. The molecule has 3 rings (SSSR count). The number of nitrogens with one attached hydrogen (secondary N) is 1. The number of nitrogens with zero attached hydrogens (tertiary/aromatic N) is 1. The van der Waals surface area contributed by atoms with Gasteiger partial charge >= 0.3 is 5.97 Å². The maximum absolute atomic E-state index is 12.5. The Kier molecular flexibility index (Phi) is 5.86. The summed E-state index contributed by atoms with van der Waals surface area (Å²) in [4.78, 5) is 29.1. The fraction of sp³-hybridized carbons (Fsp3) is 0.286. The Hall–Kier alpha value is -2.73. The Morgan fingerprint density at radius 3 is 2.74 bits per heavy atom. The number of benzene rings is 2. The highest BCUT2D eigenvalue weighted by Gasteiger charge is 2.21. The highest BCUT2D eigenvalue weighted by Crippen LogP contribution is 2.26. The molecular weight excluding hydrogens is 360 g/mol. The lowest BCUT2D eigenvalue weighted by molar-refractivity contribution is -0.123. The second-order valence-corrected chi connectivity index (χ2v) is 7.35. The molecule has 1 N–H and O–H groups in total. The monoisotopic (exact) mass is 382 g/mol. The lowest BCUT2D eigenvalue weighted by Crippen LogP contribution is -2.30. The largest absolute Gasteiger partial charge is 0.449 e. The molecule has 0 saturated carbocycles. The van der Waals surface area contributed by atoms with Crippen LogP contribution < -0.4 is 5.32 Å². The fourth-order valence-electron chi connectivity index (χ4n) is 2.76. The number of carbonyl (C=O) groups is 2. The molecular formula is C21H22N2O3S. The second kappa shape index (κ2) is 8.31. The Morgan fingerprint density at radius 1 is 1.19 bits per heavy atom. The predicted octanol–water partition coefficient (Wildman–Crippen LogP) is 4.99. The molecule has 0 unspecified atom stereocenters. The number of ether oxygens (including phenoxy) is 1. The molecule has 2 aromatic carbocycles. The Balaban J connectivity index is 1.68. The number of carbonyl (C=O) groups excluding carboxylic acids is 2. The van der Waals surface area contributed by atoms with Crippen LogP contribution in [0.3, 0.4) is 0 Å². The molecule has 0 fully saturated rings. The van der Waals surface area contributed by atoms with Gasteiger partial charge in [0, 0.05) is 5.69 Å². The molecule has 27 heavy (non-hydrogen) atoms. The molecule has 2 atom stereocenters. The van der Waals surface area contributed by atoms with Crippen molar-refractivity contribution in [3.05, 3.63) is 59.1 Å². The van der Waals surface area contributed by atoms with Crippen LogP contribution in [0, 0.1) is 0 Å². The summed E-state index contributed by atoms with van der Waals surface area (Å²) < 4.78 is 6.26. The van der Waals surface area contributed by atoms with Crippen LogP contribution in [0.25, 0.3) is 10.2 Å². The van der Waals surface area contributed by atoms with Crippen molar-refractivity contribution in [2.75, 3.05) is 5.32 Å². The number of hydrogen-bond donors (Lipinski definition) is 1. The van der Waals surface area contributed by atoms with Gasteiger partial charge in [0.05, 0.1) is 21.3 Å². The number of fused-ring (bicyclic) bond motifs is 1. The topological polar surface area (TPSA) is 68.3 Å². The summed E-state index contributed by atoms with van der Waals surface area (Å²) in [6.45, 7) is 5.79. The van der Waals surface area contributed by atoms with Gasteiger partial charge in [-0.1, -0.05) is 32.0 Å². The fourth-order valence-corrected chi connectivity index (χ4v) is 3.48. The molecule has 0 aliphatic rings. The van der Waals surface area contributed by atoms with E-state index in [1.54, 1.807) is 30.6 Å². The van der Waals surface area contributed by atoms with Crippen molar-refractivity contribution in [2.24, 2.45) is 0 Å². The molecule has 140 valence electrons. The summed E-state index contributed by atoms with van der Waals surface area (Å²) >= 11 is 1.45. The van der Waals surface area contributed by atoms with Crippen LogP contribution in [0.1, 0.15) is 49.0 Å². The van der Waals surface area contributed by atoms with E-state index in [-0.39, 0.29) is 5.91 Å². The van der Waals surface area contributed by atoms with E-state index in [9.17, 15) is 9.59 Å². The van der Waals surface area contributed by atoms with E-state index in [4.69, 9.17) is 4.74 Å². The van der Waals surface area contributed by atoms with E-state index in [1.165, 1.54) is 11.3 Å². The smallest absolute Gasteiger partial charge is 0.338 e. The van der Waals surface area contributed by atoms with Crippen molar-refractivity contribution in [3.8, 4) is 0 Å². The third-order valence-electron chi connectivity index (χ3n) is 4.58. The minimum absolute atomic E-state index is 0.325. The zero-order valence-corrected chi connectivity index (χ0v) is 16.4. The van der Waals surface area contributed by atoms with Crippen LogP contribution in [0.2, 0.25) is 0 Å². The van der Waals surface area contributed by atoms with Crippen molar-refractivity contribution in [2.45, 2.75) is 39.2 Å². The van der Waals surface area contributed by atoms with Gasteiger partial charge in [-0.25, -0.2) is 9.78 Å². The highest BCUT2D eigenvalue weighted by molar-refractivity contribution is 7.16. The van der Waals surface area contributed by atoms with Crippen molar-refractivity contribution in [3.63, 3.8) is 0 Å². The van der Waals surface area contributed by atoms with Gasteiger partial charge in [0.2, 0.25) is 0 Å². The van der Waals surface area contributed by atoms with Gasteiger partial charge in [-0.15, -0.1) is 11.3 Å². The lowest BCUT2D eigenvalue weighted by atomic mass is 9.97. The van der Waals surface area contributed by atoms with Gasteiger partial charge in [0.1, 0.15) is 0 Å². The number of anilines is 1. The van der Waals surface area contributed by atoms with Gasteiger partial charge in [0.25, 0.3) is 5.91 Å². The second-order valence-electron chi connectivity index (χ2n) is 6.47. The van der Waals surface area contributed by atoms with Crippen LogP contribution in [-0.4, -0.2) is 23.0 Å². The van der Waals surface area contributed by atoms with Gasteiger partial charge in [0.15, 0.2) is 6.10 Å². The first-order valence-electron chi connectivity index (χ1n) is 8.93. The van der Waals surface area contributed by atoms with Crippen LogP contribution in [0.4, 0.5) is 5.69 Å². The Bertz CT molecular complexity index is 967. The van der Waals surface area contributed by atoms with E-state index < -0.39 is 12.1 Å². The number of amides is 1. The molecule has 0 radical (unpaired) electrons. The van der Waals surface area contributed by atoms with Crippen molar-refractivity contribution >= 4 is 39.1 Å². The number of rotatable bonds is 6. The SMILES string of the molecule is CC[C@H](C)c1ccccc1NC(=O)[C@H](C)OC(=O)c1ccc2ncsc2c1. The van der Waals surface area contributed by atoms with Crippen LogP contribution in [0.5, 0.6) is 0 Å². The molecule has 6 heteroatoms. The summed E-state index contributed by atoms with van der Waals surface area (Å²) in [6, 6.07) is 12.9. The third kappa shape index (κ3) is 4.34. The molecule has 0 aliphatic carbocycles. The Morgan fingerprint density at radius 2 is 1.96 bits per heavy atom. The summed E-state index contributed by atoms with van der Waals surface area (Å²) in [5.74, 6) is -0.549. The average Bonchev–Trinajstić information content (AvgIpc) is 3.15. The third-order valence-corrected chi connectivity index (χ3v) is 5.37. The van der Waals surface area contributed by atoms with Crippen LogP contribution >= 0.6 is 11.3 Å². The number of hydrogen-bond acceptors (Lipinski definition) is 5. The minimum Gasteiger partial charge on any atom is -0.449 e. The van der Waals surface area contributed by atoms with Gasteiger partial charge < -0.3 is 10.1 Å². The zero-order valence-electron chi connectivity index (χ0n) is 15.6. The lowest BCUT2D eigenvalue weighted by Gasteiger charge is -2.18. The van der Waals surface area contributed by atoms with Gasteiger partial charge in [-0.05, 0) is 49.1 Å². The van der Waals surface area contributed by atoms with Crippen LogP contribution in [-0.2, 0) is 9.53 Å². The van der Waals surface area contributed by atoms with Crippen LogP contribution in [0.15, 0.2) is 48.0 Å². The number of para-hydroxylation sites is 1. The normalized spacial score (nSPS) is 13.1. The Labute approximate surface area is 162 Å². The average molecular weight is 382 g/mol. The number of thiazole rings is 1. The van der Waals surface area contributed by atoms with E-state index in [1.807, 2.05) is 24.3 Å². The first kappa shape index (κ1) is 19.0. The predicted molar refractivity (Wildman–Crippen MR) is 108 cm³/mol. The summed E-state index contributed by atoms with van der Waals surface area (Å²) in [6.07, 6.45) is 0.0666. The first-order valence-corrected chi connectivity index (χ1v) is 9.81.